The first-order valence-electron chi connectivity index (χ1n) is 7.06. The molecule has 2 rings (SSSR count). The lowest BCUT2D eigenvalue weighted by Gasteiger charge is -2.13. The van der Waals surface area contributed by atoms with Crippen LogP contribution in [-0.4, -0.2) is 6.54 Å². The van der Waals surface area contributed by atoms with Gasteiger partial charge >= 0.3 is 0 Å². The molecular weight excluding hydrogens is 289 g/mol. The quantitative estimate of drug-likeness (QED) is 0.757. The summed E-state index contributed by atoms with van der Waals surface area (Å²) < 4.78 is 19.3. The van der Waals surface area contributed by atoms with Crippen molar-refractivity contribution in [1.29, 1.82) is 0 Å². The highest BCUT2D eigenvalue weighted by atomic mass is 35.5. The minimum Gasteiger partial charge on any atom is -0.488 e. The zero-order chi connectivity index (χ0) is 15.1. The molecule has 0 unspecified atom stereocenters. The van der Waals surface area contributed by atoms with E-state index >= 15 is 0 Å². The zero-order valence-electron chi connectivity index (χ0n) is 12.0. The lowest BCUT2D eigenvalue weighted by molar-refractivity contribution is 0.296. The molecule has 0 heterocycles. The van der Waals surface area contributed by atoms with Gasteiger partial charge in [0.2, 0.25) is 0 Å². The Morgan fingerprint density at radius 1 is 1.14 bits per heavy atom. The van der Waals surface area contributed by atoms with Gasteiger partial charge in [-0.25, -0.2) is 4.39 Å². The zero-order valence-corrected chi connectivity index (χ0v) is 12.8. The van der Waals surface area contributed by atoms with Crippen molar-refractivity contribution in [2.45, 2.75) is 26.5 Å². The number of benzene rings is 2. The molecule has 0 saturated carbocycles. The Balaban J connectivity index is 2.06. The van der Waals surface area contributed by atoms with Crippen molar-refractivity contribution < 1.29 is 9.13 Å². The second kappa shape index (κ2) is 8.01. The van der Waals surface area contributed by atoms with Crippen molar-refractivity contribution in [3.8, 4) is 5.75 Å². The van der Waals surface area contributed by atoms with Crippen LogP contribution in [-0.2, 0) is 13.2 Å². The molecule has 4 heteroatoms. The summed E-state index contributed by atoms with van der Waals surface area (Å²) >= 11 is 6.03. The minimum atomic E-state index is -0.253. The summed E-state index contributed by atoms with van der Waals surface area (Å²) in [4.78, 5) is 0. The molecule has 2 aromatic rings. The highest BCUT2D eigenvalue weighted by Crippen LogP contribution is 2.24. The standard InChI is InChI=1S/C17H19ClFNO/c1-2-9-20-11-14-10-15(18)7-8-17(14)21-12-13-5-3-4-6-16(13)19/h3-8,10,20H,2,9,11-12H2,1H3. The van der Waals surface area contributed by atoms with E-state index in [1.165, 1.54) is 6.07 Å². The van der Waals surface area contributed by atoms with Gasteiger partial charge in [0.1, 0.15) is 18.2 Å². The van der Waals surface area contributed by atoms with Crippen molar-refractivity contribution in [1.82, 2.24) is 5.32 Å². The normalized spacial score (nSPS) is 10.6. The van der Waals surface area contributed by atoms with E-state index in [4.69, 9.17) is 16.3 Å². The Kier molecular flexibility index (Phi) is 6.03. The van der Waals surface area contributed by atoms with Crippen LogP contribution in [0.4, 0.5) is 4.39 Å². The second-order valence-corrected chi connectivity index (χ2v) is 5.25. The van der Waals surface area contributed by atoms with Gasteiger partial charge in [0.15, 0.2) is 0 Å². The Morgan fingerprint density at radius 3 is 2.71 bits per heavy atom. The molecule has 0 bridgehead atoms. The number of halogens is 2. The summed E-state index contributed by atoms with van der Waals surface area (Å²) in [6, 6.07) is 12.1. The van der Waals surface area contributed by atoms with Crippen LogP contribution < -0.4 is 10.1 Å². The molecule has 0 aromatic heterocycles. The Hall–Kier alpha value is -1.58. The minimum absolute atomic E-state index is 0.203. The van der Waals surface area contributed by atoms with Crippen LogP contribution in [0.5, 0.6) is 5.75 Å². The molecule has 2 aromatic carbocycles. The third-order valence-electron chi connectivity index (χ3n) is 3.11. The molecule has 0 spiro atoms. The van der Waals surface area contributed by atoms with Crippen molar-refractivity contribution in [2.24, 2.45) is 0 Å². The molecule has 0 aliphatic carbocycles. The molecular formula is C17H19ClFNO. The van der Waals surface area contributed by atoms with E-state index in [-0.39, 0.29) is 12.4 Å². The largest absolute Gasteiger partial charge is 0.488 e. The molecule has 0 amide bonds. The monoisotopic (exact) mass is 307 g/mol. The van der Waals surface area contributed by atoms with Crippen LogP contribution >= 0.6 is 11.6 Å². The highest BCUT2D eigenvalue weighted by Gasteiger charge is 2.07. The third-order valence-corrected chi connectivity index (χ3v) is 3.34. The van der Waals surface area contributed by atoms with Crippen molar-refractivity contribution in [2.75, 3.05) is 6.54 Å². The molecule has 0 saturated heterocycles. The van der Waals surface area contributed by atoms with Crippen LogP contribution in [0, 0.1) is 5.82 Å². The molecule has 0 aliphatic rings. The fourth-order valence-electron chi connectivity index (χ4n) is 2.00. The summed E-state index contributed by atoms with van der Waals surface area (Å²) in [5.74, 6) is 0.475. The number of hydrogen-bond acceptors (Lipinski definition) is 2. The summed E-state index contributed by atoms with van der Waals surface area (Å²) in [6.07, 6.45) is 1.06. The van der Waals surface area contributed by atoms with Crippen LogP contribution in [0.3, 0.4) is 0 Å². The Morgan fingerprint density at radius 2 is 1.95 bits per heavy atom. The number of rotatable bonds is 7. The maximum Gasteiger partial charge on any atom is 0.129 e. The smallest absolute Gasteiger partial charge is 0.129 e. The lowest BCUT2D eigenvalue weighted by Crippen LogP contribution is -2.14. The van der Waals surface area contributed by atoms with E-state index in [0.29, 0.717) is 17.1 Å². The van der Waals surface area contributed by atoms with Gasteiger partial charge in [-0.1, -0.05) is 36.7 Å². The summed E-state index contributed by atoms with van der Waals surface area (Å²) in [7, 11) is 0. The fraction of sp³-hybridized carbons (Fsp3) is 0.294. The third kappa shape index (κ3) is 4.73. The summed E-state index contributed by atoms with van der Waals surface area (Å²) in [6.45, 7) is 3.93. The van der Waals surface area contributed by atoms with Crippen LogP contribution in [0.25, 0.3) is 0 Å². The predicted octanol–water partition coefficient (Wildman–Crippen LogP) is 4.56. The Labute approximate surface area is 129 Å². The van der Waals surface area contributed by atoms with Gasteiger partial charge in [-0.3, -0.25) is 0 Å². The molecule has 0 radical (unpaired) electrons. The molecule has 112 valence electrons. The van der Waals surface area contributed by atoms with Gasteiger partial charge in [-0.05, 0) is 37.2 Å². The van der Waals surface area contributed by atoms with Gasteiger partial charge in [0, 0.05) is 22.7 Å². The van der Waals surface area contributed by atoms with E-state index in [2.05, 4.69) is 12.2 Å². The fourth-order valence-corrected chi connectivity index (χ4v) is 2.19. The van der Waals surface area contributed by atoms with Gasteiger partial charge in [-0.2, -0.15) is 0 Å². The SMILES string of the molecule is CCCNCc1cc(Cl)ccc1OCc1ccccc1F. The Bertz CT molecular complexity index is 589. The first-order valence-corrected chi connectivity index (χ1v) is 7.44. The van der Waals surface area contributed by atoms with Crippen molar-refractivity contribution >= 4 is 11.6 Å². The molecule has 0 fully saturated rings. The van der Waals surface area contributed by atoms with Gasteiger partial charge in [0.25, 0.3) is 0 Å². The van der Waals surface area contributed by atoms with Gasteiger partial charge in [0.05, 0.1) is 0 Å². The van der Waals surface area contributed by atoms with E-state index < -0.39 is 0 Å². The predicted molar refractivity (Wildman–Crippen MR) is 84.2 cm³/mol. The molecule has 21 heavy (non-hydrogen) atoms. The first kappa shape index (κ1) is 15.8. The van der Waals surface area contributed by atoms with Gasteiger partial charge < -0.3 is 10.1 Å². The molecule has 0 aliphatic heterocycles. The first-order chi connectivity index (χ1) is 10.2. The number of ether oxygens (including phenoxy) is 1. The van der Waals surface area contributed by atoms with Crippen LogP contribution in [0.2, 0.25) is 5.02 Å². The molecule has 0 atom stereocenters. The number of hydrogen-bond donors (Lipinski definition) is 1. The van der Waals surface area contributed by atoms with E-state index in [1.807, 2.05) is 12.1 Å². The molecule has 2 nitrogen and oxygen atoms in total. The summed E-state index contributed by atoms with van der Waals surface area (Å²) in [5, 5.41) is 3.98. The summed E-state index contributed by atoms with van der Waals surface area (Å²) in [5.41, 5.74) is 1.52. The van der Waals surface area contributed by atoms with Crippen LogP contribution in [0.15, 0.2) is 42.5 Å². The topological polar surface area (TPSA) is 21.3 Å². The average molecular weight is 308 g/mol. The van der Waals surface area contributed by atoms with E-state index in [0.717, 1.165) is 24.3 Å². The second-order valence-electron chi connectivity index (χ2n) is 4.81. The van der Waals surface area contributed by atoms with E-state index in [9.17, 15) is 4.39 Å². The highest BCUT2D eigenvalue weighted by molar-refractivity contribution is 6.30. The average Bonchev–Trinajstić information content (AvgIpc) is 2.48. The van der Waals surface area contributed by atoms with Crippen LogP contribution in [0.1, 0.15) is 24.5 Å². The maximum absolute atomic E-state index is 13.6. The van der Waals surface area contributed by atoms with Crippen molar-refractivity contribution in [3.63, 3.8) is 0 Å². The molecule has 1 N–H and O–H groups in total. The number of nitrogens with one attached hydrogen (secondary N) is 1. The van der Waals surface area contributed by atoms with Crippen molar-refractivity contribution in [3.05, 3.63) is 64.4 Å². The van der Waals surface area contributed by atoms with E-state index in [1.54, 1.807) is 24.3 Å². The maximum atomic E-state index is 13.6. The van der Waals surface area contributed by atoms with Gasteiger partial charge in [-0.15, -0.1) is 0 Å². The lowest BCUT2D eigenvalue weighted by atomic mass is 10.2.